The van der Waals surface area contributed by atoms with Crippen LogP contribution < -0.4 is 14.5 Å². The van der Waals surface area contributed by atoms with Crippen molar-refractivity contribution in [3.63, 3.8) is 0 Å². The molecule has 0 fully saturated rings. The van der Waals surface area contributed by atoms with E-state index in [9.17, 15) is 14.7 Å². The number of carbonyl (C=O) groups excluding carboxylic acids is 1. The fraction of sp³-hybridized carbons (Fsp3) is 0.0952. The van der Waals surface area contributed by atoms with Gasteiger partial charge in [0.05, 0.1) is 13.2 Å². The molecule has 0 bridgehead atoms. The van der Waals surface area contributed by atoms with Gasteiger partial charge < -0.3 is 39.0 Å². The van der Waals surface area contributed by atoms with Gasteiger partial charge in [0.15, 0.2) is 0 Å². The van der Waals surface area contributed by atoms with Gasteiger partial charge in [-0.2, -0.15) is 0 Å². The second-order valence-corrected chi connectivity index (χ2v) is 11.4. The number of aromatic hydroxyl groups is 1. The van der Waals surface area contributed by atoms with Gasteiger partial charge in [0.25, 0.3) is 0 Å². The lowest BCUT2D eigenvalue weighted by Gasteiger charge is -2.26. The fourth-order valence-electron chi connectivity index (χ4n) is 5.57. The van der Waals surface area contributed by atoms with E-state index in [4.69, 9.17) is 19.3 Å². The molecule has 6 aromatic carbocycles. The predicted molar refractivity (Wildman–Crippen MR) is 200 cm³/mol. The molecule has 0 saturated heterocycles. The van der Waals surface area contributed by atoms with E-state index >= 15 is 0 Å². The van der Waals surface area contributed by atoms with E-state index in [-0.39, 0.29) is 32.2 Å². The molecule has 10 heteroatoms. The van der Waals surface area contributed by atoms with Gasteiger partial charge in [0.1, 0.15) is 24.7 Å². The van der Waals surface area contributed by atoms with Gasteiger partial charge in [0.2, 0.25) is 0 Å². The average Bonchev–Trinajstić information content (AvgIpc) is 3.16. The van der Waals surface area contributed by atoms with Gasteiger partial charge in [-0.3, -0.25) is 0 Å². The van der Waals surface area contributed by atoms with E-state index in [1.54, 1.807) is 30.3 Å². The number of phenolic OH excluding ortho intramolecular Hbond substituents is 1. The van der Waals surface area contributed by atoms with E-state index in [2.05, 4.69) is 50.9 Å². The van der Waals surface area contributed by atoms with Crippen LogP contribution >= 0.6 is 0 Å². The summed E-state index contributed by atoms with van der Waals surface area (Å²) in [7, 11) is 0. The zero-order valence-corrected chi connectivity index (χ0v) is 28.1. The van der Waals surface area contributed by atoms with E-state index in [0.717, 1.165) is 45.3 Å². The Labute approximate surface area is 301 Å². The van der Waals surface area contributed by atoms with Crippen molar-refractivity contribution in [2.75, 3.05) is 36.2 Å². The highest BCUT2D eigenvalue weighted by Crippen LogP contribution is 2.39. The molecule has 0 aliphatic rings. The topological polar surface area (TPSA) is 118 Å². The molecule has 6 aromatic rings. The minimum absolute atomic E-state index is 0.0460. The van der Waals surface area contributed by atoms with Gasteiger partial charge in [-0.25, -0.2) is 9.59 Å². The molecular weight excluding hydrogens is 660 g/mol. The quantitative estimate of drug-likeness (QED) is 0.0647. The Hall–Kier alpha value is -6.78. The highest BCUT2D eigenvalue weighted by Gasteiger charge is 2.16. The number of nitrogens with zero attached hydrogens (tertiary/aromatic N) is 2. The number of para-hydroxylation sites is 2. The Morgan fingerprint density at radius 1 is 0.481 bits per heavy atom. The molecule has 0 aliphatic carbocycles. The van der Waals surface area contributed by atoms with Crippen LogP contribution in [-0.4, -0.2) is 49.0 Å². The Bertz CT molecular complexity index is 2060. The summed E-state index contributed by atoms with van der Waals surface area (Å²) in [6.45, 7) is -0.0772. The lowest BCUT2D eigenvalue weighted by Crippen LogP contribution is -2.16. The van der Waals surface area contributed by atoms with E-state index in [1.807, 2.05) is 91.0 Å². The van der Waals surface area contributed by atoms with Crippen LogP contribution in [0.15, 0.2) is 158 Å². The average molecular weight is 697 g/mol. The predicted octanol–water partition coefficient (Wildman–Crippen LogP) is 10.2. The molecule has 262 valence electrons. The number of rotatable bonds is 14. The first-order valence-electron chi connectivity index (χ1n) is 16.5. The number of hydrogen-bond donors (Lipinski definition) is 2. The van der Waals surface area contributed by atoms with Crippen LogP contribution in [0, 0.1) is 0 Å². The van der Waals surface area contributed by atoms with Gasteiger partial charge >= 0.3 is 12.3 Å². The summed E-state index contributed by atoms with van der Waals surface area (Å²) >= 11 is 0. The zero-order valence-electron chi connectivity index (χ0n) is 28.1. The van der Waals surface area contributed by atoms with Crippen molar-refractivity contribution in [2.24, 2.45) is 0 Å². The van der Waals surface area contributed by atoms with Crippen molar-refractivity contribution in [2.45, 2.75) is 0 Å². The molecule has 6 rings (SSSR count). The summed E-state index contributed by atoms with van der Waals surface area (Å²) in [4.78, 5) is 26.9. The van der Waals surface area contributed by atoms with Crippen molar-refractivity contribution in [3.05, 3.63) is 158 Å². The summed E-state index contributed by atoms with van der Waals surface area (Å²) < 4.78 is 20.1. The van der Waals surface area contributed by atoms with Crippen LogP contribution in [0.3, 0.4) is 0 Å². The zero-order chi connectivity index (χ0) is 36.1. The highest BCUT2D eigenvalue weighted by atomic mass is 16.7. The van der Waals surface area contributed by atoms with Crippen LogP contribution in [0.1, 0.15) is 0 Å². The number of phenols is 1. The molecule has 0 aromatic heterocycles. The van der Waals surface area contributed by atoms with E-state index < -0.39 is 12.3 Å². The first kappa shape index (κ1) is 35.1. The maximum Gasteiger partial charge on any atom is 0.513 e. The molecule has 2 N–H and O–H groups in total. The van der Waals surface area contributed by atoms with E-state index in [1.165, 1.54) is 0 Å². The lowest BCUT2D eigenvalue weighted by atomic mass is 10.0. The van der Waals surface area contributed by atoms with Crippen molar-refractivity contribution in [1.29, 1.82) is 0 Å². The molecule has 0 spiro atoms. The molecule has 0 unspecified atom stereocenters. The molecule has 0 atom stereocenters. The second-order valence-electron chi connectivity index (χ2n) is 11.4. The summed E-state index contributed by atoms with van der Waals surface area (Å²) in [6, 6.07) is 50.8. The van der Waals surface area contributed by atoms with Gasteiger partial charge in [-0.15, -0.1) is 0 Å². The number of hydrogen-bond acceptors (Lipinski definition) is 9. The minimum atomic E-state index is -1.38. The number of carboxylic acid groups (broad SMARTS) is 1. The molecule has 52 heavy (non-hydrogen) atoms. The first-order valence-corrected chi connectivity index (χ1v) is 16.5. The van der Waals surface area contributed by atoms with Crippen LogP contribution in [-0.2, 0) is 14.2 Å². The molecule has 0 radical (unpaired) electrons. The van der Waals surface area contributed by atoms with E-state index in [0.29, 0.717) is 5.75 Å². The lowest BCUT2D eigenvalue weighted by molar-refractivity contribution is 0.0248. The van der Waals surface area contributed by atoms with Crippen molar-refractivity contribution in [3.8, 4) is 22.6 Å². The summed E-state index contributed by atoms with van der Waals surface area (Å²) in [5, 5.41) is 18.7. The Kier molecular flexibility index (Phi) is 11.6. The number of carbonyl (C=O) groups is 2. The number of benzene rings is 6. The summed E-state index contributed by atoms with van der Waals surface area (Å²) in [5.41, 5.74) is 7.43. The molecule has 0 heterocycles. The third-order valence-electron chi connectivity index (χ3n) is 7.88. The van der Waals surface area contributed by atoms with Gasteiger partial charge in [0, 0.05) is 46.3 Å². The standard InChI is InChI=1S/C42H36N2O8/c45-39-15-7-13-37(29-39)43(33-9-3-1-4-10-33)35-21-17-31(18-22-35)32-19-23-36(24-20-32)44(34-11-5-2-6-12-34)38-14-8-16-40(30-38)52-42(48)51-28-26-49-25-27-50-41(46)47/h1-24,29-30,45H,25-28H2,(H,46,47). The summed E-state index contributed by atoms with van der Waals surface area (Å²) in [6.07, 6.45) is -2.27. The van der Waals surface area contributed by atoms with Crippen LogP contribution in [0.4, 0.5) is 43.7 Å². The Balaban J connectivity index is 1.17. The third kappa shape index (κ3) is 9.26. The minimum Gasteiger partial charge on any atom is -0.508 e. The van der Waals surface area contributed by atoms with Crippen molar-refractivity contribution < 1.29 is 38.7 Å². The molecular formula is C42H36N2O8. The van der Waals surface area contributed by atoms with Crippen LogP contribution in [0.2, 0.25) is 0 Å². The highest BCUT2D eigenvalue weighted by molar-refractivity contribution is 5.81. The monoisotopic (exact) mass is 696 g/mol. The smallest absolute Gasteiger partial charge is 0.508 e. The molecule has 0 saturated carbocycles. The number of anilines is 6. The summed E-state index contributed by atoms with van der Waals surface area (Å²) in [5.74, 6) is 0.495. The van der Waals surface area contributed by atoms with Gasteiger partial charge in [-0.05, 0) is 83.9 Å². The first-order chi connectivity index (χ1) is 25.4. The number of ether oxygens (including phenoxy) is 4. The maximum absolute atomic E-state index is 12.4. The van der Waals surface area contributed by atoms with Gasteiger partial charge in [-0.1, -0.05) is 72.8 Å². The SMILES string of the molecule is O=C(O)OCCOCCOC(=O)Oc1cccc(N(c2ccccc2)c2ccc(-c3ccc(N(c4ccccc4)c4cccc(O)c4)cc3)cc2)c1. The van der Waals surface area contributed by atoms with Crippen molar-refractivity contribution in [1.82, 2.24) is 0 Å². The molecule has 10 nitrogen and oxygen atoms in total. The second kappa shape index (κ2) is 17.2. The molecule has 0 amide bonds. The normalized spacial score (nSPS) is 10.6. The van der Waals surface area contributed by atoms with Crippen LogP contribution in [0.5, 0.6) is 11.5 Å². The fourth-order valence-corrected chi connectivity index (χ4v) is 5.57. The van der Waals surface area contributed by atoms with Crippen LogP contribution in [0.25, 0.3) is 11.1 Å². The Morgan fingerprint density at radius 3 is 1.46 bits per heavy atom. The third-order valence-corrected chi connectivity index (χ3v) is 7.88. The Morgan fingerprint density at radius 2 is 0.942 bits per heavy atom. The maximum atomic E-state index is 12.4. The molecule has 0 aliphatic heterocycles. The van der Waals surface area contributed by atoms with Crippen molar-refractivity contribution >= 4 is 46.4 Å². The largest absolute Gasteiger partial charge is 0.513 e.